The molecule has 0 radical (unpaired) electrons. The van der Waals surface area contributed by atoms with Crippen LogP contribution in [0.25, 0.3) is 0 Å². The fourth-order valence-electron chi connectivity index (χ4n) is 1.84. The highest BCUT2D eigenvalue weighted by atomic mass is 31.1. The van der Waals surface area contributed by atoms with Gasteiger partial charge in [-0.15, -0.1) is 0 Å². The van der Waals surface area contributed by atoms with Gasteiger partial charge in [-0.25, -0.2) is 0 Å². The lowest BCUT2D eigenvalue weighted by Crippen LogP contribution is -2.18. The first kappa shape index (κ1) is 13.7. The van der Waals surface area contributed by atoms with Crippen LogP contribution in [0.1, 0.15) is 13.8 Å². The van der Waals surface area contributed by atoms with Crippen molar-refractivity contribution < 1.29 is 4.79 Å². The second-order valence-electron chi connectivity index (χ2n) is 4.28. The summed E-state index contributed by atoms with van der Waals surface area (Å²) in [5, 5.41) is 2.21. The minimum Gasteiger partial charge on any atom is -0.289 e. The Hall–Kier alpha value is -1.72. The van der Waals surface area contributed by atoms with E-state index in [2.05, 4.69) is 0 Å². The van der Waals surface area contributed by atoms with Crippen molar-refractivity contribution >= 4 is 24.1 Å². The van der Waals surface area contributed by atoms with Crippen molar-refractivity contribution in [2.24, 2.45) is 0 Å². The molecule has 19 heavy (non-hydrogen) atoms. The summed E-state index contributed by atoms with van der Waals surface area (Å²) in [4.78, 5) is 12.6. The Morgan fingerprint density at radius 1 is 0.895 bits per heavy atom. The molecule has 2 aromatic rings. The second kappa shape index (κ2) is 6.45. The zero-order valence-electron chi connectivity index (χ0n) is 11.2. The average molecular weight is 268 g/mol. The van der Waals surface area contributed by atoms with Gasteiger partial charge in [-0.1, -0.05) is 66.7 Å². The predicted octanol–water partition coefficient (Wildman–Crippen LogP) is 3.61. The van der Waals surface area contributed by atoms with Crippen molar-refractivity contribution in [3.63, 3.8) is 0 Å². The van der Waals surface area contributed by atoms with E-state index >= 15 is 0 Å². The van der Waals surface area contributed by atoms with Crippen molar-refractivity contribution in [3.8, 4) is 0 Å². The zero-order valence-corrected chi connectivity index (χ0v) is 12.1. The Kier molecular flexibility index (Phi) is 4.65. The minimum atomic E-state index is -0.965. The van der Waals surface area contributed by atoms with Crippen molar-refractivity contribution in [2.75, 3.05) is 0 Å². The maximum absolute atomic E-state index is 12.6. The van der Waals surface area contributed by atoms with Crippen LogP contribution in [0.3, 0.4) is 0 Å². The highest BCUT2D eigenvalue weighted by molar-refractivity contribution is 7.88. The van der Waals surface area contributed by atoms with Crippen LogP contribution in [0.5, 0.6) is 0 Å². The quantitative estimate of drug-likeness (QED) is 0.611. The zero-order chi connectivity index (χ0) is 13.7. The molecule has 0 aliphatic heterocycles. The highest BCUT2D eigenvalue weighted by Gasteiger charge is 2.22. The van der Waals surface area contributed by atoms with Gasteiger partial charge in [0.25, 0.3) is 0 Å². The first-order valence-electron chi connectivity index (χ1n) is 6.31. The Balaban J connectivity index is 2.49. The average Bonchev–Trinajstić information content (AvgIpc) is 2.49. The topological polar surface area (TPSA) is 17.1 Å². The van der Waals surface area contributed by atoms with Crippen LogP contribution in [0, 0.1) is 0 Å². The van der Waals surface area contributed by atoms with E-state index in [1.54, 1.807) is 0 Å². The molecule has 2 rings (SSSR count). The van der Waals surface area contributed by atoms with Crippen LogP contribution in [0.2, 0.25) is 0 Å². The summed E-state index contributed by atoms with van der Waals surface area (Å²) in [6.45, 7) is 3.81. The molecule has 0 aliphatic carbocycles. The molecule has 0 saturated carbocycles. The van der Waals surface area contributed by atoms with Crippen molar-refractivity contribution in [3.05, 3.63) is 72.3 Å². The number of hydrogen-bond donors (Lipinski definition) is 0. The normalized spacial score (nSPS) is 11.6. The summed E-state index contributed by atoms with van der Waals surface area (Å²) in [7, 11) is -0.965. The van der Waals surface area contributed by atoms with Crippen LogP contribution >= 0.6 is 7.92 Å². The molecule has 96 valence electrons. The molecule has 2 heteroatoms. The summed E-state index contributed by atoms with van der Waals surface area (Å²) in [6.07, 6.45) is 1.89. The molecule has 1 nitrogen and oxygen atoms in total. The smallest absolute Gasteiger partial charge is 0.188 e. The van der Waals surface area contributed by atoms with E-state index in [4.69, 9.17) is 0 Å². The number of carbonyl (C=O) groups is 1. The Labute approximate surface area is 115 Å². The van der Waals surface area contributed by atoms with E-state index in [0.717, 1.165) is 16.2 Å². The SMILES string of the molecule is CC=C(C)C(=O)P(c1ccccc1)c1ccccc1. The minimum absolute atomic E-state index is 0.231. The Bertz CT molecular complexity index is 533. The molecule has 0 bridgehead atoms. The van der Waals surface area contributed by atoms with Gasteiger partial charge in [-0.2, -0.15) is 0 Å². The van der Waals surface area contributed by atoms with Crippen LogP contribution in [0.4, 0.5) is 0 Å². The molecule has 0 aromatic heterocycles. The van der Waals surface area contributed by atoms with Gasteiger partial charge >= 0.3 is 0 Å². The lowest BCUT2D eigenvalue weighted by molar-refractivity contribution is -0.108. The maximum Gasteiger partial charge on any atom is 0.188 e. The molecule has 0 fully saturated rings. The molecule has 0 amide bonds. The van der Waals surface area contributed by atoms with Crippen molar-refractivity contribution in [1.82, 2.24) is 0 Å². The number of carbonyl (C=O) groups excluding carboxylic acids is 1. The van der Waals surface area contributed by atoms with Gasteiger partial charge in [0.2, 0.25) is 0 Å². The van der Waals surface area contributed by atoms with E-state index in [1.165, 1.54) is 0 Å². The van der Waals surface area contributed by atoms with Crippen LogP contribution in [-0.4, -0.2) is 5.52 Å². The molecule has 0 unspecified atom stereocenters. The molecule has 0 N–H and O–H groups in total. The van der Waals surface area contributed by atoms with Gasteiger partial charge < -0.3 is 0 Å². The highest BCUT2D eigenvalue weighted by Crippen LogP contribution is 2.37. The largest absolute Gasteiger partial charge is 0.289 e. The lowest BCUT2D eigenvalue weighted by atomic mass is 10.3. The number of hydrogen-bond acceptors (Lipinski definition) is 1. The molecule has 2 aromatic carbocycles. The fraction of sp³-hybridized carbons (Fsp3) is 0.118. The Morgan fingerprint density at radius 3 is 1.68 bits per heavy atom. The monoisotopic (exact) mass is 268 g/mol. The van der Waals surface area contributed by atoms with Gasteiger partial charge in [0.15, 0.2) is 5.52 Å². The molecule has 0 aliphatic rings. The molecular formula is C17H17OP. The van der Waals surface area contributed by atoms with Crippen molar-refractivity contribution in [1.29, 1.82) is 0 Å². The van der Waals surface area contributed by atoms with E-state index in [1.807, 2.05) is 80.6 Å². The standard InChI is InChI=1S/C17H17OP/c1-3-14(2)17(18)19(15-10-6-4-7-11-15)16-12-8-5-9-13-16/h3-13H,1-2H3. The molecule has 0 heterocycles. The van der Waals surface area contributed by atoms with Gasteiger partial charge in [-0.05, 0) is 30.0 Å². The summed E-state index contributed by atoms with van der Waals surface area (Å²) < 4.78 is 0. The van der Waals surface area contributed by atoms with Gasteiger partial charge in [0, 0.05) is 7.92 Å². The number of rotatable bonds is 4. The summed E-state index contributed by atoms with van der Waals surface area (Å²) in [6, 6.07) is 20.1. The van der Waals surface area contributed by atoms with E-state index in [9.17, 15) is 4.79 Å². The van der Waals surface area contributed by atoms with Gasteiger partial charge in [-0.3, -0.25) is 4.79 Å². The molecule has 0 atom stereocenters. The van der Waals surface area contributed by atoms with Crippen LogP contribution in [0.15, 0.2) is 72.3 Å². The summed E-state index contributed by atoms with van der Waals surface area (Å²) in [5.41, 5.74) is 1.06. The van der Waals surface area contributed by atoms with Crippen LogP contribution in [-0.2, 0) is 4.79 Å². The maximum atomic E-state index is 12.6. The number of benzene rings is 2. The lowest BCUT2D eigenvalue weighted by Gasteiger charge is -2.17. The predicted molar refractivity (Wildman–Crippen MR) is 83.5 cm³/mol. The third-order valence-corrected chi connectivity index (χ3v) is 5.39. The van der Waals surface area contributed by atoms with Gasteiger partial charge in [0.05, 0.1) is 0 Å². The van der Waals surface area contributed by atoms with E-state index < -0.39 is 7.92 Å². The number of allylic oxidation sites excluding steroid dienone is 2. The van der Waals surface area contributed by atoms with Crippen molar-refractivity contribution in [2.45, 2.75) is 13.8 Å². The van der Waals surface area contributed by atoms with E-state index in [-0.39, 0.29) is 5.52 Å². The molecule has 0 spiro atoms. The van der Waals surface area contributed by atoms with Gasteiger partial charge in [0.1, 0.15) is 0 Å². The molecule has 0 saturated heterocycles. The first-order chi connectivity index (χ1) is 9.24. The second-order valence-corrected chi connectivity index (χ2v) is 6.39. The third kappa shape index (κ3) is 3.19. The first-order valence-corrected chi connectivity index (χ1v) is 7.65. The molecular weight excluding hydrogens is 251 g/mol. The third-order valence-electron chi connectivity index (χ3n) is 3.00. The fourth-order valence-corrected chi connectivity index (χ4v) is 4.03. The van der Waals surface area contributed by atoms with Crippen LogP contribution < -0.4 is 10.6 Å². The summed E-state index contributed by atoms with van der Waals surface area (Å²) >= 11 is 0. The Morgan fingerprint density at radius 2 is 1.32 bits per heavy atom. The van der Waals surface area contributed by atoms with E-state index in [0.29, 0.717) is 0 Å². The summed E-state index contributed by atoms with van der Waals surface area (Å²) in [5.74, 6) is 0.